The van der Waals surface area contributed by atoms with Gasteiger partial charge < -0.3 is 10.4 Å². The first-order chi connectivity index (χ1) is 12.7. The SMILES string of the molecule is Cc1cc(C)cc(N=C2NC(=O)/C(=C\c3cc(Cl)cc([N+](=O)[O-])c3O)S2)c1. The minimum absolute atomic E-state index is 0.0823. The van der Waals surface area contributed by atoms with Crippen LogP contribution in [0.15, 0.2) is 40.2 Å². The van der Waals surface area contributed by atoms with Crippen LogP contribution in [0.2, 0.25) is 5.02 Å². The molecule has 0 spiro atoms. The third kappa shape index (κ3) is 4.29. The normalized spacial score (nSPS) is 16.8. The first-order valence-electron chi connectivity index (χ1n) is 7.78. The molecule has 2 N–H and O–H groups in total. The van der Waals surface area contributed by atoms with Crippen LogP contribution in [-0.4, -0.2) is 21.1 Å². The second-order valence-electron chi connectivity index (χ2n) is 5.95. The Labute approximate surface area is 163 Å². The van der Waals surface area contributed by atoms with Crippen LogP contribution in [0, 0.1) is 24.0 Å². The van der Waals surface area contributed by atoms with Crippen molar-refractivity contribution in [3.05, 3.63) is 67.1 Å². The molecule has 0 aliphatic carbocycles. The number of aryl methyl sites for hydroxylation is 2. The highest BCUT2D eigenvalue weighted by Crippen LogP contribution is 2.37. The standard InChI is InChI=1S/C18H14ClN3O4S/c1-9-3-10(2)5-13(4-9)20-18-21-17(24)15(27-18)7-11-6-12(19)8-14(16(11)23)22(25)26/h3-8,23H,1-2H3,(H,20,21,24)/b15-7+. The molecule has 0 unspecified atom stereocenters. The molecule has 9 heteroatoms. The lowest BCUT2D eigenvalue weighted by Crippen LogP contribution is -2.19. The van der Waals surface area contributed by atoms with E-state index in [-0.39, 0.29) is 15.5 Å². The van der Waals surface area contributed by atoms with Gasteiger partial charge >= 0.3 is 5.69 Å². The summed E-state index contributed by atoms with van der Waals surface area (Å²) < 4.78 is 0. The molecular formula is C18H14ClN3O4S. The highest BCUT2D eigenvalue weighted by atomic mass is 35.5. The summed E-state index contributed by atoms with van der Waals surface area (Å²) in [5.74, 6) is -0.963. The fourth-order valence-electron chi connectivity index (χ4n) is 2.61. The molecule has 1 aliphatic rings. The van der Waals surface area contributed by atoms with E-state index in [1.807, 2.05) is 32.0 Å². The summed E-state index contributed by atoms with van der Waals surface area (Å²) in [6.45, 7) is 3.91. The van der Waals surface area contributed by atoms with Gasteiger partial charge in [0, 0.05) is 16.7 Å². The molecule has 0 aromatic heterocycles. The van der Waals surface area contributed by atoms with Crippen molar-refractivity contribution in [3.8, 4) is 5.75 Å². The maximum atomic E-state index is 12.2. The predicted molar refractivity (Wildman–Crippen MR) is 106 cm³/mol. The number of carbonyl (C=O) groups excluding carboxylic acids is 1. The van der Waals surface area contributed by atoms with Gasteiger partial charge in [0.1, 0.15) is 0 Å². The van der Waals surface area contributed by atoms with E-state index in [9.17, 15) is 20.0 Å². The number of halogens is 1. The molecule has 1 fully saturated rings. The van der Waals surface area contributed by atoms with Crippen LogP contribution < -0.4 is 5.32 Å². The van der Waals surface area contributed by atoms with Crippen molar-refractivity contribution in [1.29, 1.82) is 0 Å². The molecule has 2 aromatic rings. The summed E-state index contributed by atoms with van der Waals surface area (Å²) in [5.41, 5.74) is 2.37. The second kappa shape index (κ2) is 7.42. The van der Waals surface area contributed by atoms with Crippen LogP contribution in [0.5, 0.6) is 5.75 Å². The predicted octanol–water partition coefficient (Wildman–Crippen LogP) is 4.46. The number of phenolic OH excluding ortho intramolecular Hbond substituents is 1. The first kappa shape index (κ1) is 18.9. The molecule has 27 heavy (non-hydrogen) atoms. The van der Waals surface area contributed by atoms with Crippen molar-refractivity contribution >= 4 is 51.9 Å². The number of phenols is 1. The third-order valence-corrected chi connectivity index (χ3v) is 4.78. The van der Waals surface area contributed by atoms with Crippen LogP contribution >= 0.6 is 23.4 Å². The molecule has 1 heterocycles. The Morgan fingerprint density at radius 2 is 1.89 bits per heavy atom. The summed E-state index contributed by atoms with van der Waals surface area (Å²) in [6.07, 6.45) is 1.35. The van der Waals surface area contributed by atoms with Crippen molar-refractivity contribution in [3.63, 3.8) is 0 Å². The number of aromatic hydroxyl groups is 1. The van der Waals surface area contributed by atoms with Gasteiger partial charge in [0.25, 0.3) is 5.91 Å². The molecule has 0 radical (unpaired) electrons. The number of rotatable bonds is 3. The first-order valence-corrected chi connectivity index (χ1v) is 8.97. The molecule has 0 bridgehead atoms. The van der Waals surface area contributed by atoms with Gasteiger partial charge in [0.2, 0.25) is 5.75 Å². The van der Waals surface area contributed by atoms with Gasteiger partial charge in [0.15, 0.2) is 5.17 Å². The molecule has 1 aliphatic heterocycles. The minimum atomic E-state index is -0.738. The molecule has 1 amide bonds. The van der Waals surface area contributed by atoms with Crippen molar-refractivity contribution in [1.82, 2.24) is 5.32 Å². The monoisotopic (exact) mass is 403 g/mol. The number of benzene rings is 2. The zero-order valence-corrected chi connectivity index (χ0v) is 15.9. The smallest absolute Gasteiger partial charge is 0.312 e. The average molecular weight is 404 g/mol. The number of aliphatic imine (C=N–C) groups is 1. The van der Waals surface area contributed by atoms with Gasteiger partial charge in [-0.05, 0) is 61.0 Å². The molecular weight excluding hydrogens is 390 g/mol. The van der Waals surface area contributed by atoms with Crippen molar-refractivity contribution in [2.24, 2.45) is 4.99 Å². The number of thioether (sulfide) groups is 1. The molecule has 2 aromatic carbocycles. The number of nitrogens with zero attached hydrogens (tertiary/aromatic N) is 2. The maximum absolute atomic E-state index is 12.2. The van der Waals surface area contributed by atoms with Gasteiger partial charge in [-0.15, -0.1) is 0 Å². The number of nitro benzene ring substituents is 1. The van der Waals surface area contributed by atoms with Crippen molar-refractivity contribution in [2.45, 2.75) is 13.8 Å². The molecule has 0 saturated carbocycles. The summed E-state index contributed by atoms with van der Waals surface area (Å²) in [5, 5.41) is 24.2. The van der Waals surface area contributed by atoms with Gasteiger partial charge in [-0.2, -0.15) is 0 Å². The highest BCUT2D eigenvalue weighted by molar-refractivity contribution is 8.18. The number of amidine groups is 1. The Balaban J connectivity index is 1.94. The van der Waals surface area contributed by atoms with E-state index in [1.54, 1.807) is 0 Å². The van der Waals surface area contributed by atoms with Crippen molar-refractivity contribution in [2.75, 3.05) is 0 Å². The Hall–Kier alpha value is -2.84. The van der Waals surface area contributed by atoms with Crippen LogP contribution in [-0.2, 0) is 4.79 Å². The zero-order valence-electron chi connectivity index (χ0n) is 14.3. The average Bonchev–Trinajstić information content (AvgIpc) is 2.88. The van der Waals surface area contributed by atoms with E-state index in [0.717, 1.165) is 29.0 Å². The van der Waals surface area contributed by atoms with E-state index < -0.39 is 22.3 Å². The van der Waals surface area contributed by atoms with E-state index in [2.05, 4.69) is 10.3 Å². The van der Waals surface area contributed by atoms with Gasteiger partial charge in [-0.1, -0.05) is 17.7 Å². The zero-order chi connectivity index (χ0) is 19.7. The number of hydrogen-bond donors (Lipinski definition) is 2. The molecule has 1 saturated heterocycles. The molecule has 138 valence electrons. The van der Waals surface area contributed by atoms with Gasteiger partial charge in [0.05, 0.1) is 15.5 Å². The number of nitrogens with one attached hydrogen (secondary N) is 1. The largest absolute Gasteiger partial charge is 0.502 e. The summed E-state index contributed by atoms with van der Waals surface area (Å²) in [6, 6.07) is 8.20. The van der Waals surface area contributed by atoms with Crippen molar-refractivity contribution < 1.29 is 14.8 Å². The third-order valence-electron chi connectivity index (χ3n) is 3.66. The summed E-state index contributed by atoms with van der Waals surface area (Å²) in [7, 11) is 0. The fourth-order valence-corrected chi connectivity index (χ4v) is 3.66. The quantitative estimate of drug-likeness (QED) is 0.447. The lowest BCUT2D eigenvalue weighted by Gasteiger charge is -2.02. The fraction of sp³-hybridized carbons (Fsp3) is 0.111. The van der Waals surface area contributed by atoms with E-state index in [4.69, 9.17) is 11.6 Å². The number of carbonyl (C=O) groups is 1. The number of amides is 1. The Morgan fingerprint density at radius 1 is 1.22 bits per heavy atom. The Bertz CT molecular complexity index is 1010. The number of hydrogen-bond acceptors (Lipinski definition) is 6. The molecule has 3 rings (SSSR count). The molecule has 7 nitrogen and oxygen atoms in total. The van der Waals surface area contributed by atoms with E-state index >= 15 is 0 Å². The van der Waals surface area contributed by atoms with Crippen LogP contribution in [0.25, 0.3) is 6.08 Å². The lowest BCUT2D eigenvalue weighted by molar-refractivity contribution is -0.385. The van der Waals surface area contributed by atoms with Crippen LogP contribution in [0.3, 0.4) is 0 Å². The van der Waals surface area contributed by atoms with Crippen LogP contribution in [0.4, 0.5) is 11.4 Å². The minimum Gasteiger partial charge on any atom is -0.502 e. The van der Waals surface area contributed by atoms with Crippen LogP contribution in [0.1, 0.15) is 16.7 Å². The Morgan fingerprint density at radius 3 is 2.52 bits per heavy atom. The maximum Gasteiger partial charge on any atom is 0.312 e. The van der Waals surface area contributed by atoms with E-state index in [1.165, 1.54) is 12.1 Å². The lowest BCUT2D eigenvalue weighted by atomic mass is 10.1. The Kier molecular flexibility index (Phi) is 5.20. The van der Waals surface area contributed by atoms with E-state index in [0.29, 0.717) is 10.9 Å². The summed E-state index contributed by atoms with van der Waals surface area (Å²) >= 11 is 6.95. The molecule has 0 atom stereocenters. The van der Waals surface area contributed by atoms with Gasteiger partial charge in [-0.25, -0.2) is 4.99 Å². The topological polar surface area (TPSA) is 105 Å². The summed E-state index contributed by atoms with van der Waals surface area (Å²) in [4.78, 5) is 27.1. The highest BCUT2D eigenvalue weighted by Gasteiger charge is 2.26. The second-order valence-corrected chi connectivity index (χ2v) is 7.41. The van der Waals surface area contributed by atoms with Gasteiger partial charge in [-0.3, -0.25) is 14.9 Å². The number of nitro groups is 1.